The highest BCUT2D eigenvalue weighted by Gasteiger charge is 2.20. The van der Waals surface area contributed by atoms with Crippen LogP contribution < -0.4 is 18.9 Å². The van der Waals surface area contributed by atoms with Gasteiger partial charge >= 0.3 is 0 Å². The fraction of sp³-hybridized carbons (Fsp3) is 0.464. The summed E-state index contributed by atoms with van der Waals surface area (Å²) in [6.07, 6.45) is 8.40. The van der Waals surface area contributed by atoms with Crippen LogP contribution in [0.15, 0.2) is 30.3 Å². The summed E-state index contributed by atoms with van der Waals surface area (Å²) in [4.78, 5) is 4.83. The number of nitrogens with zero attached hydrogens (tertiary/aromatic N) is 1. The number of aromatic nitrogens is 1. The summed E-state index contributed by atoms with van der Waals surface area (Å²) in [6, 6.07) is 9.66. The predicted molar refractivity (Wildman–Crippen MR) is 139 cm³/mol. The average Bonchev–Trinajstić information content (AvgIpc) is 2.86. The molecule has 3 rings (SSSR count). The van der Waals surface area contributed by atoms with Crippen molar-refractivity contribution in [2.45, 2.75) is 65.2 Å². The quantitative estimate of drug-likeness (QED) is 0.228. The molecular weight excluding hydrogens is 450 g/mol. The number of unbranched alkanes of at least 4 members (excludes halogenated alkanes) is 4. The van der Waals surface area contributed by atoms with E-state index in [0.717, 1.165) is 79.4 Å². The number of ether oxygens (including phenoxy) is 4. The molecule has 6 heteroatoms. The Morgan fingerprint density at radius 2 is 1.47 bits per heavy atom. The van der Waals surface area contributed by atoms with Crippen molar-refractivity contribution < 1.29 is 18.9 Å². The summed E-state index contributed by atoms with van der Waals surface area (Å²) < 4.78 is 23.2. The topological polar surface area (TPSA) is 49.8 Å². The molecule has 184 valence electrons. The second kappa shape index (κ2) is 12.7. The van der Waals surface area contributed by atoms with Gasteiger partial charge in [0.2, 0.25) is 5.88 Å². The Morgan fingerprint density at radius 3 is 2.12 bits per heavy atom. The van der Waals surface area contributed by atoms with Gasteiger partial charge in [0, 0.05) is 17.0 Å². The Bertz CT molecular complexity index is 1100. The molecule has 0 aliphatic carbocycles. The number of fused-ring (bicyclic) bond motifs is 1. The zero-order valence-corrected chi connectivity index (χ0v) is 21.8. The van der Waals surface area contributed by atoms with Crippen LogP contribution >= 0.6 is 11.6 Å². The Morgan fingerprint density at radius 1 is 0.765 bits per heavy atom. The van der Waals surface area contributed by atoms with Gasteiger partial charge in [-0.15, -0.1) is 0 Å². The molecule has 0 radical (unpaired) electrons. The van der Waals surface area contributed by atoms with Crippen molar-refractivity contribution in [1.29, 1.82) is 0 Å². The van der Waals surface area contributed by atoms with Gasteiger partial charge in [0.25, 0.3) is 0 Å². The van der Waals surface area contributed by atoms with Crippen molar-refractivity contribution >= 4 is 22.5 Å². The SMILES string of the molecule is CCCCCc1cc(OC)ccc1Oc1cc(OC)cc2c(Cl)c(CCCCC)c(OC)nc12. The maximum atomic E-state index is 6.92. The first-order chi connectivity index (χ1) is 16.6. The summed E-state index contributed by atoms with van der Waals surface area (Å²) in [6.45, 7) is 4.38. The first-order valence-electron chi connectivity index (χ1n) is 12.1. The minimum absolute atomic E-state index is 0.543. The third-order valence-electron chi connectivity index (χ3n) is 6.02. The molecule has 0 aliphatic heterocycles. The number of methoxy groups -OCH3 is 3. The van der Waals surface area contributed by atoms with Crippen LogP contribution in [0.25, 0.3) is 10.9 Å². The van der Waals surface area contributed by atoms with E-state index in [4.69, 9.17) is 35.5 Å². The van der Waals surface area contributed by atoms with Gasteiger partial charge in [-0.05, 0) is 55.5 Å². The molecule has 0 N–H and O–H groups in total. The summed E-state index contributed by atoms with van der Waals surface area (Å²) in [5, 5.41) is 1.43. The second-order valence-corrected chi connectivity index (χ2v) is 8.80. The van der Waals surface area contributed by atoms with Crippen LogP contribution in [-0.2, 0) is 12.8 Å². The van der Waals surface area contributed by atoms with Crippen LogP contribution in [0.3, 0.4) is 0 Å². The smallest absolute Gasteiger partial charge is 0.218 e. The van der Waals surface area contributed by atoms with Gasteiger partial charge in [-0.2, -0.15) is 0 Å². The van der Waals surface area contributed by atoms with E-state index in [2.05, 4.69) is 13.8 Å². The van der Waals surface area contributed by atoms with Gasteiger partial charge in [-0.3, -0.25) is 0 Å². The number of benzene rings is 2. The summed E-state index contributed by atoms with van der Waals surface area (Å²) in [7, 11) is 4.95. The van der Waals surface area contributed by atoms with Gasteiger partial charge in [0.05, 0.1) is 26.4 Å². The van der Waals surface area contributed by atoms with E-state index in [1.807, 2.05) is 30.3 Å². The summed E-state index contributed by atoms with van der Waals surface area (Å²) in [5.74, 6) is 3.37. The molecule has 0 atom stereocenters. The maximum Gasteiger partial charge on any atom is 0.218 e. The molecule has 2 aromatic carbocycles. The molecule has 0 spiro atoms. The molecule has 0 fully saturated rings. The monoisotopic (exact) mass is 485 g/mol. The highest BCUT2D eigenvalue weighted by molar-refractivity contribution is 6.36. The van der Waals surface area contributed by atoms with Crippen molar-refractivity contribution in [2.24, 2.45) is 0 Å². The van der Waals surface area contributed by atoms with Gasteiger partial charge in [-0.25, -0.2) is 4.98 Å². The highest BCUT2D eigenvalue weighted by atomic mass is 35.5. The summed E-state index contributed by atoms with van der Waals surface area (Å²) >= 11 is 6.92. The normalized spacial score (nSPS) is 11.0. The predicted octanol–water partition coefficient (Wildman–Crippen LogP) is 8.17. The maximum absolute atomic E-state index is 6.92. The first kappa shape index (κ1) is 26.0. The van der Waals surface area contributed by atoms with Crippen molar-refractivity contribution in [3.8, 4) is 28.9 Å². The Kier molecular flexibility index (Phi) is 9.70. The number of pyridine rings is 1. The molecule has 0 amide bonds. The fourth-order valence-electron chi connectivity index (χ4n) is 4.09. The van der Waals surface area contributed by atoms with E-state index in [0.29, 0.717) is 27.9 Å². The van der Waals surface area contributed by atoms with E-state index in [1.54, 1.807) is 21.3 Å². The zero-order chi connectivity index (χ0) is 24.5. The first-order valence-corrected chi connectivity index (χ1v) is 12.5. The average molecular weight is 486 g/mol. The van der Waals surface area contributed by atoms with E-state index < -0.39 is 0 Å². The van der Waals surface area contributed by atoms with Gasteiger partial charge < -0.3 is 18.9 Å². The zero-order valence-electron chi connectivity index (χ0n) is 21.0. The van der Waals surface area contributed by atoms with E-state index in [1.165, 1.54) is 0 Å². The molecular formula is C28H36ClNO4. The van der Waals surface area contributed by atoms with Crippen LogP contribution in [0.5, 0.6) is 28.9 Å². The molecule has 3 aromatic rings. The lowest BCUT2D eigenvalue weighted by molar-refractivity contribution is 0.392. The molecule has 0 unspecified atom stereocenters. The van der Waals surface area contributed by atoms with Crippen molar-refractivity contribution in [1.82, 2.24) is 4.98 Å². The van der Waals surface area contributed by atoms with Crippen LogP contribution in [0.4, 0.5) is 0 Å². The minimum atomic E-state index is 0.543. The number of hydrogen-bond donors (Lipinski definition) is 0. The van der Waals surface area contributed by atoms with Crippen LogP contribution in [0, 0.1) is 0 Å². The minimum Gasteiger partial charge on any atom is -0.497 e. The molecule has 0 saturated heterocycles. The van der Waals surface area contributed by atoms with E-state index >= 15 is 0 Å². The third kappa shape index (κ3) is 6.06. The van der Waals surface area contributed by atoms with Crippen LogP contribution in [0.2, 0.25) is 5.02 Å². The lowest BCUT2D eigenvalue weighted by Crippen LogP contribution is -2.01. The number of aryl methyl sites for hydroxylation is 1. The molecule has 34 heavy (non-hydrogen) atoms. The number of rotatable bonds is 13. The molecule has 0 bridgehead atoms. The van der Waals surface area contributed by atoms with Gasteiger partial charge in [0.15, 0.2) is 5.75 Å². The van der Waals surface area contributed by atoms with Crippen LogP contribution in [0.1, 0.15) is 63.5 Å². The molecule has 5 nitrogen and oxygen atoms in total. The Balaban J connectivity index is 2.09. The standard InChI is InChI=1S/C28H36ClNO4/c1-6-8-10-12-19-16-20(31-3)14-15-24(19)34-25-18-21(32-4)17-23-26(29)22(13-11-9-7-2)28(33-5)30-27(23)25/h14-18H,6-13H2,1-5H3. The lowest BCUT2D eigenvalue weighted by atomic mass is 10.0. The van der Waals surface area contributed by atoms with Crippen molar-refractivity contribution in [3.63, 3.8) is 0 Å². The number of hydrogen-bond acceptors (Lipinski definition) is 5. The molecule has 0 saturated carbocycles. The molecule has 0 aliphatic rings. The lowest BCUT2D eigenvalue weighted by Gasteiger charge is -2.17. The van der Waals surface area contributed by atoms with Crippen molar-refractivity contribution in [2.75, 3.05) is 21.3 Å². The number of halogens is 1. The van der Waals surface area contributed by atoms with Gasteiger partial charge in [0.1, 0.15) is 22.8 Å². The second-order valence-electron chi connectivity index (χ2n) is 8.43. The molecule has 1 heterocycles. The highest BCUT2D eigenvalue weighted by Crippen LogP contribution is 2.42. The van der Waals surface area contributed by atoms with Crippen LogP contribution in [-0.4, -0.2) is 26.3 Å². The Labute approximate surface area is 208 Å². The van der Waals surface area contributed by atoms with Gasteiger partial charge in [-0.1, -0.05) is 51.1 Å². The third-order valence-corrected chi connectivity index (χ3v) is 6.45. The Hall–Kier alpha value is -2.66. The van der Waals surface area contributed by atoms with E-state index in [-0.39, 0.29) is 0 Å². The van der Waals surface area contributed by atoms with E-state index in [9.17, 15) is 0 Å². The largest absolute Gasteiger partial charge is 0.497 e. The summed E-state index contributed by atoms with van der Waals surface area (Å²) in [5.41, 5.74) is 2.67. The fourth-order valence-corrected chi connectivity index (χ4v) is 4.40. The molecule has 1 aromatic heterocycles. The van der Waals surface area contributed by atoms with Crippen molar-refractivity contribution in [3.05, 3.63) is 46.5 Å².